The van der Waals surface area contributed by atoms with E-state index in [1.165, 1.54) is 12.1 Å². The molecule has 0 aliphatic carbocycles. The maximum Gasteiger partial charge on any atom is 0.267 e. The van der Waals surface area contributed by atoms with Crippen molar-refractivity contribution in [3.63, 3.8) is 0 Å². The summed E-state index contributed by atoms with van der Waals surface area (Å²) in [5, 5.41) is 13.2. The molecule has 0 spiro atoms. The molecule has 0 saturated heterocycles. The molecule has 3 N–H and O–H groups in total. The van der Waals surface area contributed by atoms with Crippen LogP contribution in [0.5, 0.6) is 5.75 Å². The van der Waals surface area contributed by atoms with Crippen LogP contribution in [0.2, 0.25) is 0 Å². The minimum absolute atomic E-state index is 0.286. The van der Waals surface area contributed by atoms with E-state index < -0.39 is 20.9 Å². The molecule has 176 valence electrons. The van der Waals surface area contributed by atoms with Crippen molar-refractivity contribution in [3.8, 4) is 5.75 Å². The number of phosphoric acid groups is 1. The van der Waals surface area contributed by atoms with E-state index in [1.807, 2.05) is 25.1 Å². The van der Waals surface area contributed by atoms with E-state index in [0.29, 0.717) is 24.4 Å². The number of nitrogens with one attached hydrogen (secondary N) is 1. The van der Waals surface area contributed by atoms with Crippen LogP contribution >= 0.6 is 7.82 Å². The van der Waals surface area contributed by atoms with Gasteiger partial charge in [0.25, 0.3) is 7.82 Å². The highest BCUT2D eigenvalue weighted by Gasteiger charge is 2.11. The van der Waals surface area contributed by atoms with Crippen LogP contribution in [0.3, 0.4) is 0 Å². The average molecular weight is 476 g/mol. The smallest absolute Gasteiger partial charge is 0.267 e. The van der Waals surface area contributed by atoms with Crippen LogP contribution in [0.4, 0.5) is 10.1 Å². The summed E-state index contributed by atoms with van der Waals surface area (Å²) in [6.45, 7) is 1.97. The molecule has 3 rings (SSSR count). The first-order chi connectivity index (χ1) is 15.7. The number of aliphatic hydroxyl groups is 1. The second kappa shape index (κ2) is 11.4. The lowest BCUT2D eigenvalue weighted by molar-refractivity contribution is -0.237. The lowest BCUT2D eigenvalue weighted by Gasteiger charge is -2.18. The molecule has 0 amide bonds. The standard InChI is InChI=1S/C23H25FNO7P/c1-16-11-18(7-10-22(16)30-14-17-5-8-20(24)9-6-17)13-25-21-4-2-3-19(12-21)23(26)31-15-32-33(27,28)29/h2-12,23,25-26H,13-15H2,1H3,(H2,27,28,29)/p-1. The van der Waals surface area contributed by atoms with Gasteiger partial charge in [-0.1, -0.05) is 36.4 Å². The number of benzene rings is 3. The minimum Gasteiger partial charge on any atom is -0.756 e. The van der Waals surface area contributed by atoms with Crippen molar-refractivity contribution < 1.29 is 37.8 Å². The van der Waals surface area contributed by atoms with Crippen LogP contribution in [-0.4, -0.2) is 16.8 Å². The average Bonchev–Trinajstić information content (AvgIpc) is 2.77. The zero-order valence-electron chi connectivity index (χ0n) is 17.8. The molecule has 0 aromatic heterocycles. The number of rotatable bonds is 11. The molecule has 33 heavy (non-hydrogen) atoms. The molecule has 0 aliphatic rings. The number of hydrogen-bond acceptors (Lipinski definition) is 7. The van der Waals surface area contributed by atoms with Crippen LogP contribution < -0.4 is 14.9 Å². The number of anilines is 1. The molecule has 3 aromatic carbocycles. The molecular formula is C23H24FNO7P-. The Kier molecular flexibility index (Phi) is 8.57. The van der Waals surface area contributed by atoms with Crippen molar-refractivity contribution in [2.75, 3.05) is 12.1 Å². The topological polar surface area (TPSA) is 120 Å². The first-order valence-corrected chi connectivity index (χ1v) is 11.5. The summed E-state index contributed by atoms with van der Waals surface area (Å²) in [5.41, 5.74) is 3.92. The minimum atomic E-state index is -4.92. The lowest BCUT2D eigenvalue weighted by atomic mass is 10.1. The van der Waals surface area contributed by atoms with E-state index >= 15 is 0 Å². The Hall–Kier alpha value is -2.78. The first-order valence-electron chi connectivity index (χ1n) is 9.98. The predicted molar refractivity (Wildman–Crippen MR) is 118 cm³/mol. The molecule has 0 fully saturated rings. The van der Waals surface area contributed by atoms with Gasteiger partial charge in [-0.25, -0.2) is 4.39 Å². The zero-order valence-corrected chi connectivity index (χ0v) is 18.7. The Labute approximate surface area is 190 Å². The lowest BCUT2D eigenvalue weighted by Crippen LogP contribution is -2.10. The molecule has 0 saturated carbocycles. The largest absolute Gasteiger partial charge is 0.756 e. The van der Waals surface area contributed by atoms with Crippen LogP contribution in [-0.2, 0) is 27.0 Å². The van der Waals surface area contributed by atoms with Crippen LogP contribution in [0.1, 0.15) is 28.5 Å². The van der Waals surface area contributed by atoms with E-state index in [-0.39, 0.29) is 5.82 Å². The fourth-order valence-corrected chi connectivity index (χ4v) is 3.18. The van der Waals surface area contributed by atoms with Gasteiger partial charge in [-0.05, 0) is 53.9 Å². The Morgan fingerprint density at radius 1 is 1.09 bits per heavy atom. The Bertz CT molecular complexity index is 1100. The number of halogens is 1. The number of ether oxygens (including phenoxy) is 2. The highest BCUT2D eigenvalue weighted by Crippen LogP contribution is 2.31. The number of aliphatic hydroxyl groups excluding tert-OH is 1. The molecule has 0 aliphatic heterocycles. The number of hydrogen-bond donors (Lipinski definition) is 3. The molecule has 3 aromatic rings. The predicted octanol–water partition coefficient (Wildman–Crippen LogP) is 3.77. The highest BCUT2D eigenvalue weighted by molar-refractivity contribution is 7.44. The van der Waals surface area contributed by atoms with Crippen LogP contribution in [0.25, 0.3) is 0 Å². The van der Waals surface area contributed by atoms with Crippen LogP contribution in [0.15, 0.2) is 66.7 Å². The van der Waals surface area contributed by atoms with Gasteiger partial charge in [0.1, 0.15) is 18.2 Å². The summed E-state index contributed by atoms with van der Waals surface area (Å²) >= 11 is 0. The Morgan fingerprint density at radius 2 is 1.82 bits per heavy atom. The van der Waals surface area contributed by atoms with Crippen molar-refractivity contribution >= 4 is 13.5 Å². The van der Waals surface area contributed by atoms with Gasteiger partial charge in [0.05, 0.1) is 0 Å². The van der Waals surface area contributed by atoms with Gasteiger partial charge in [-0.3, -0.25) is 9.09 Å². The fourth-order valence-electron chi connectivity index (χ4n) is 2.99. The number of aryl methyl sites for hydroxylation is 1. The summed E-state index contributed by atoms with van der Waals surface area (Å²) in [4.78, 5) is 19.1. The molecule has 0 heterocycles. The zero-order chi connectivity index (χ0) is 23.8. The highest BCUT2D eigenvalue weighted by atomic mass is 31.2. The molecular weight excluding hydrogens is 452 g/mol. The maximum absolute atomic E-state index is 13.0. The van der Waals surface area contributed by atoms with Gasteiger partial charge in [-0.15, -0.1) is 0 Å². The SMILES string of the molecule is Cc1cc(CNc2cccc(C(O)OCOP(=O)([O-])O)c2)ccc1OCc1ccc(F)cc1. The molecule has 10 heteroatoms. The Balaban J connectivity index is 1.53. The Morgan fingerprint density at radius 3 is 2.52 bits per heavy atom. The van der Waals surface area contributed by atoms with Crippen LogP contribution in [0, 0.1) is 12.7 Å². The van der Waals surface area contributed by atoms with Crippen molar-refractivity contribution in [1.82, 2.24) is 0 Å². The van der Waals surface area contributed by atoms with E-state index in [2.05, 4.69) is 9.84 Å². The first kappa shape index (κ1) is 24.9. The van der Waals surface area contributed by atoms with Gasteiger partial charge < -0.3 is 29.7 Å². The van der Waals surface area contributed by atoms with Crippen molar-refractivity contribution in [3.05, 3.63) is 94.8 Å². The van der Waals surface area contributed by atoms with Crippen molar-refractivity contribution in [2.45, 2.75) is 26.4 Å². The third kappa shape index (κ3) is 8.25. The molecule has 2 atom stereocenters. The number of phosphoric ester groups is 1. The van der Waals surface area contributed by atoms with Gasteiger partial charge >= 0.3 is 0 Å². The summed E-state index contributed by atoms with van der Waals surface area (Å²) in [6.07, 6.45) is -1.43. The molecule has 8 nitrogen and oxygen atoms in total. The van der Waals surface area contributed by atoms with Gasteiger partial charge in [-0.2, -0.15) is 0 Å². The monoisotopic (exact) mass is 476 g/mol. The summed E-state index contributed by atoms with van der Waals surface area (Å²) < 4.78 is 38.3. The third-order valence-electron chi connectivity index (χ3n) is 4.66. The third-order valence-corrected chi connectivity index (χ3v) is 5.09. The maximum atomic E-state index is 13.0. The molecule has 0 radical (unpaired) electrons. The normalized spacial score (nSPS) is 13.8. The summed E-state index contributed by atoms with van der Waals surface area (Å²) in [6, 6.07) is 18.7. The van der Waals surface area contributed by atoms with Gasteiger partial charge in [0.2, 0.25) is 0 Å². The second-order valence-electron chi connectivity index (χ2n) is 7.23. The second-order valence-corrected chi connectivity index (χ2v) is 8.42. The van der Waals surface area contributed by atoms with E-state index in [1.54, 1.807) is 36.4 Å². The summed E-state index contributed by atoms with van der Waals surface area (Å²) in [5.74, 6) is 0.448. The fraction of sp³-hybridized carbons (Fsp3) is 0.217. The molecule has 2 unspecified atom stereocenters. The van der Waals surface area contributed by atoms with Crippen molar-refractivity contribution in [1.29, 1.82) is 0 Å². The quantitative estimate of drug-likeness (QED) is 0.283. The molecule has 0 bridgehead atoms. The van der Waals surface area contributed by atoms with Gasteiger partial charge in [0, 0.05) is 17.8 Å². The van der Waals surface area contributed by atoms with E-state index in [4.69, 9.17) is 14.4 Å². The van der Waals surface area contributed by atoms with E-state index in [9.17, 15) is 19.0 Å². The van der Waals surface area contributed by atoms with Gasteiger partial charge in [0.15, 0.2) is 13.1 Å². The van der Waals surface area contributed by atoms with Crippen molar-refractivity contribution in [2.24, 2.45) is 0 Å². The summed E-state index contributed by atoms with van der Waals surface area (Å²) in [7, 11) is -4.92. The van der Waals surface area contributed by atoms with E-state index in [0.717, 1.165) is 22.4 Å².